The Morgan fingerprint density at radius 1 is 1.29 bits per heavy atom. The van der Waals surface area contributed by atoms with Crippen LogP contribution in [0.4, 0.5) is 0 Å². The van der Waals surface area contributed by atoms with Crippen LogP contribution in [0.3, 0.4) is 0 Å². The molecule has 2 nitrogen and oxygen atoms in total. The van der Waals surface area contributed by atoms with E-state index in [4.69, 9.17) is 0 Å². The topological polar surface area (TPSA) is 20.1 Å². The maximum Gasteiger partial charge on any atom is 0.201 e. The van der Waals surface area contributed by atoms with Gasteiger partial charge >= 0.3 is 0 Å². The quantitative estimate of drug-likeness (QED) is 0.432. The molecule has 0 N–H and O–H groups in total. The highest BCUT2D eigenvalue weighted by molar-refractivity contribution is 7.99. The van der Waals surface area contributed by atoms with E-state index in [-0.39, 0.29) is 0 Å². The molecule has 1 rings (SSSR count). The fraction of sp³-hybridized carbons (Fsp3) is 1.00. The summed E-state index contributed by atoms with van der Waals surface area (Å²) in [6, 6.07) is 0. The Morgan fingerprint density at radius 2 is 1.86 bits per heavy atom. The third-order valence-electron chi connectivity index (χ3n) is 0.970. The Morgan fingerprint density at radius 3 is 2.14 bits per heavy atom. The van der Waals surface area contributed by atoms with E-state index in [1.807, 2.05) is 11.8 Å². The first kappa shape index (κ1) is 5.09. The number of hydrogen-bond acceptors (Lipinski definition) is 2. The van der Waals surface area contributed by atoms with Crippen molar-refractivity contribution in [1.29, 1.82) is 0 Å². The Labute approximate surface area is 46.9 Å². The molecular formula is C4H8NOS+. The van der Waals surface area contributed by atoms with E-state index in [2.05, 4.69) is 0 Å². The van der Waals surface area contributed by atoms with Crippen molar-refractivity contribution in [3.05, 3.63) is 4.91 Å². The van der Waals surface area contributed by atoms with Crippen LogP contribution in [0.1, 0.15) is 0 Å². The van der Waals surface area contributed by atoms with Gasteiger partial charge in [0.05, 0.1) is 11.5 Å². The standard InChI is InChI=1S/C4H8NOS/c6-5-1-3-7-4-2-5/h1-4H2/q+1. The predicted octanol–water partition coefficient (Wildman–Crippen LogP) is 0.512. The molecule has 1 heterocycles. The molecular weight excluding hydrogens is 110 g/mol. The van der Waals surface area contributed by atoms with Gasteiger partial charge in [0.1, 0.15) is 0 Å². The molecule has 1 aliphatic rings. The number of nitroso groups, excluding NO2 is 1. The van der Waals surface area contributed by atoms with Crippen molar-refractivity contribution in [2.75, 3.05) is 24.6 Å². The molecule has 0 unspecified atom stereocenters. The molecule has 1 fully saturated rings. The highest BCUT2D eigenvalue weighted by atomic mass is 32.2. The molecule has 0 bridgehead atoms. The van der Waals surface area contributed by atoms with Crippen LogP contribution < -0.4 is 0 Å². The Kier molecular flexibility index (Phi) is 1.68. The van der Waals surface area contributed by atoms with E-state index in [1.54, 1.807) is 0 Å². The van der Waals surface area contributed by atoms with Gasteiger partial charge in [-0.1, -0.05) is 0 Å². The molecule has 0 aromatic rings. The molecule has 1 saturated heterocycles. The number of hydrogen-bond donors (Lipinski definition) is 0. The van der Waals surface area contributed by atoms with Gasteiger partial charge < -0.3 is 0 Å². The molecule has 0 saturated carbocycles. The summed E-state index contributed by atoms with van der Waals surface area (Å²) >= 11 is 1.86. The average Bonchev–Trinajstić information content (AvgIpc) is 1.69. The lowest BCUT2D eigenvalue weighted by atomic mass is 10.6. The molecule has 3 heteroatoms. The lowest BCUT2D eigenvalue weighted by molar-refractivity contribution is -0.541. The molecule has 40 valence electrons. The van der Waals surface area contributed by atoms with Crippen molar-refractivity contribution in [3.8, 4) is 0 Å². The molecule has 0 atom stereocenters. The van der Waals surface area contributed by atoms with E-state index < -0.39 is 0 Å². The van der Waals surface area contributed by atoms with Crippen molar-refractivity contribution in [2.24, 2.45) is 0 Å². The van der Waals surface area contributed by atoms with Gasteiger partial charge in [-0.15, -0.1) is 11.8 Å². The minimum Gasteiger partial charge on any atom is -0.148 e. The predicted molar refractivity (Wildman–Crippen MR) is 30.7 cm³/mol. The van der Waals surface area contributed by atoms with Crippen molar-refractivity contribution in [2.45, 2.75) is 0 Å². The first-order valence-corrected chi connectivity index (χ1v) is 3.55. The fourth-order valence-electron chi connectivity index (χ4n) is 0.547. The minimum atomic E-state index is 0.727. The van der Waals surface area contributed by atoms with Gasteiger partial charge in [0, 0.05) is 4.91 Å². The first-order chi connectivity index (χ1) is 3.39. The van der Waals surface area contributed by atoms with E-state index in [9.17, 15) is 4.91 Å². The van der Waals surface area contributed by atoms with Gasteiger partial charge in [0.25, 0.3) is 0 Å². The second kappa shape index (κ2) is 2.31. The normalized spacial score (nSPS) is 22.6. The lowest BCUT2D eigenvalue weighted by Crippen LogP contribution is -2.20. The van der Waals surface area contributed by atoms with Crippen molar-refractivity contribution in [3.63, 3.8) is 0 Å². The Balaban J connectivity index is 2.25. The molecule has 0 radical (unpaired) electrons. The number of rotatable bonds is 0. The average molecular weight is 118 g/mol. The number of nitrogens with zero attached hydrogens (tertiary/aromatic N) is 1. The highest BCUT2D eigenvalue weighted by Gasteiger charge is 2.12. The summed E-state index contributed by atoms with van der Waals surface area (Å²) in [7, 11) is 0. The van der Waals surface area contributed by atoms with E-state index >= 15 is 0 Å². The second-order valence-corrected chi connectivity index (χ2v) is 2.77. The minimum absolute atomic E-state index is 0.727. The third-order valence-corrected chi connectivity index (χ3v) is 1.91. The van der Waals surface area contributed by atoms with Crippen molar-refractivity contribution in [1.82, 2.24) is 0 Å². The van der Waals surface area contributed by atoms with E-state index in [1.165, 1.54) is 0 Å². The molecule has 0 spiro atoms. The van der Waals surface area contributed by atoms with Crippen LogP contribution in [-0.4, -0.2) is 29.4 Å². The van der Waals surface area contributed by atoms with Crippen LogP contribution >= 0.6 is 11.8 Å². The van der Waals surface area contributed by atoms with Crippen LogP contribution in [-0.2, 0) is 0 Å². The maximum absolute atomic E-state index is 10.4. The third kappa shape index (κ3) is 1.47. The first-order valence-electron chi connectivity index (χ1n) is 2.39. The summed E-state index contributed by atoms with van der Waals surface area (Å²) in [5.41, 5.74) is 0. The van der Waals surface area contributed by atoms with Gasteiger partial charge in [-0.25, -0.2) is 0 Å². The van der Waals surface area contributed by atoms with Crippen molar-refractivity contribution < 1.29 is 4.76 Å². The van der Waals surface area contributed by atoms with Gasteiger partial charge in [-0.3, -0.25) is 0 Å². The lowest BCUT2D eigenvalue weighted by Gasteiger charge is -1.99. The maximum atomic E-state index is 10.4. The van der Waals surface area contributed by atoms with E-state index in [0.29, 0.717) is 0 Å². The van der Waals surface area contributed by atoms with Crippen LogP contribution in [0.25, 0.3) is 0 Å². The molecule has 0 aromatic carbocycles. The summed E-state index contributed by atoms with van der Waals surface area (Å²) in [5.74, 6) is 2.03. The zero-order valence-corrected chi connectivity index (χ0v) is 4.91. The summed E-state index contributed by atoms with van der Waals surface area (Å²) in [6.45, 7) is 1.45. The highest BCUT2D eigenvalue weighted by Crippen LogP contribution is 2.03. The molecule has 0 aliphatic carbocycles. The monoisotopic (exact) mass is 118 g/mol. The molecule has 7 heavy (non-hydrogen) atoms. The van der Waals surface area contributed by atoms with Crippen LogP contribution in [0.15, 0.2) is 0 Å². The van der Waals surface area contributed by atoms with Gasteiger partial charge in [0.2, 0.25) is 13.1 Å². The second-order valence-electron chi connectivity index (χ2n) is 1.54. The Hall–Kier alpha value is -0.0500. The van der Waals surface area contributed by atoms with Crippen molar-refractivity contribution >= 4 is 11.8 Å². The summed E-state index contributed by atoms with van der Waals surface area (Å²) in [6.07, 6.45) is 0. The van der Waals surface area contributed by atoms with Gasteiger partial charge in [-0.2, -0.15) is 0 Å². The van der Waals surface area contributed by atoms with Gasteiger partial charge in [-0.05, 0) is 4.76 Å². The number of thioether (sulfide) groups is 1. The zero-order valence-electron chi connectivity index (χ0n) is 4.09. The molecule has 1 aliphatic heterocycles. The van der Waals surface area contributed by atoms with Crippen LogP contribution in [0.2, 0.25) is 0 Å². The molecule has 0 aromatic heterocycles. The van der Waals surface area contributed by atoms with Gasteiger partial charge in [0.15, 0.2) is 0 Å². The van der Waals surface area contributed by atoms with Crippen LogP contribution in [0.5, 0.6) is 0 Å². The summed E-state index contributed by atoms with van der Waals surface area (Å²) in [5, 5.41) is 0. The SMILES string of the molecule is O=[N+]1CCSCC1. The van der Waals surface area contributed by atoms with E-state index in [0.717, 1.165) is 29.4 Å². The summed E-state index contributed by atoms with van der Waals surface area (Å²) < 4.78 is 1.12. The summed E-state index contributed by atoms with van der Waals surface area (Å²) in [4.78, 5) is 10.4. The van der Waals surface area contributed by atoms with Crippen LogP contribution in [0, 0.1) is 4.91 Å². The molecule has 0 amide bonds. The largest absolute Gasteiger partial charge is 0.201 e. The Bertz CT molecular complexity index is 75.8. The smallest absolute Gasteiger partial charge is 0.148 e. The fourth-order valence-corrected chi connectivity index (χ4v) is 1.42. The zero-order chi connectivity index (χ0) is 5.11.